The third-order valence-electron chi connectivity index (χ3n) is 2.56. The third-order valence-corrected chi connectivity index (χ3v) is 2.56. The first-order chi connectivity index (χ1) is 9.27. The van der Waals surface area contributed by atoms with E-state index in [9.17, 15) is 18.0 Å². The summed E-state index contributed by atoms with van der Waals surface area (Å²) < 4.78 is 43.6. The van der Waals surface area contributed by atoms with Gasteiger partial charge in [-0.2, -0.15) is 13.2 Å². The maximum atomic E-state index is 12.9. The molecule has 106 valence electrons. The molecule has 0 saturated heterocycles. The standard InChI is InChI=1S/C13H11F3N2O2/c1-7-2-5-11(20-7)12(19)18-10-4-3-8(17)6-9(10)13(14,15)16/h2-6H,17H2,1H3,(H,18,19). The maximum absolute atomic E-state index is 12.9. The zero-order valence-electron chi connectivity index (χ0n) is 10.4. The van der Waals surface area contributed by atoms with Gasteiger partial charge in [0.1, 0.15) is 5.76 Å². The Hall–Kier alpha value is -2.44. The normalized spacial score (nSPS) is 11.4. The number of aryl methyl sites for hydroxylation is 1. The SMILES string of the molecule is Cc1ccc(C(=O)Nc2ccc(N)cc2C(F)(F)F)o1. The lowest BCUT2D eigenvalue weighted by molar-refractivity contribution is -0.136. The number of halogens is 3. The van der Waals surface area contributed by atoms with Gasteiger partial charge in [0.05, 0.1) is 11.3 Å². The molecule has 0 bridgehead atoms. The van der Waals surface area contributed by atoms with Gasteiger partial charge in [-0.3, -0.25) is 4.79 Å². The molecule has 0 fully saturated rings. The van der Waals surface area contributed by atoms with Crippen LogP contribution in [0.5, 0.6) is 0 Å². The van der Waals surface area contributed by atoms with Gasteiger partial charge < -0.3 is 15.5 Å². The van der Waals surface area contributed by atoms with Crippen LogP contribution < -0.4 is 11.1 Å². The fraction of sp³-hybridized carbons (Fsp3) is 0.154. The summed E-state index contributed by atoms with van der Waals surface area (Å²) in [6.45, 7) is 1.63. The number of nitrogens with one attached hydrogen (secondary N) is 1. The highest BCUT2D eigenvalue weighted by Gasteiger charge is 2.34. The number of carbonyl (C=O) groups excluding carboxylic acids is 1. The van der Waals surface area contributed by atoms with Crippen LogP contribution in [-0.4, -0.2) is 5.91 Å². The van der Waals surface area contributed by atoms with E-state index in [4.69, 9.17) is 10.2 Å². The molecule has 2 aromatic rings. The quantitative estimate of drug-likeness (QED) is 0.830. The van der Waals surface area contributed by atoms with E-state index in [1.165, 1.54) is 12.1 Å². The first kappa shape index (κ1) is 14.0. The second-order valence-electron chi connectivity index (χ2n) is 4.17. The molecule has 0 aliphatic rings. The van der Waals surface area contributed by atoms with Crippen molar-refractivity contribution in [2.24, 2.45) is 0 Å². The van der Waals surface area contributed by atoms with Crippen molar-refractivity contribution >= 4 is 17.3 Å². The van der Waals surface area contributed by atoms with Gasteiger partial charge >= 0.3 is 6.18 Å². The number of nitrogens with two attached hydrogens (primary N) is 1. The predicted molar refractivity (Wildman–Crippen MR) is 67.3 cm³/mol. The molecule has 2 rings (SSSR count). The molecule has 0 atom stereocenters. The first-order valence-electron chi connectivity index (χ1n) is 5.62. The van der Waals surface area contributed by atoms with E-state index in [0.717, 1.165) is 12.1 Å². The molecule has 1 aromatic carbocycles. The van der Waals surface area contributed by atoms with E-state index in [0.29, 0.717) is 5.76 Å². The highest BCUT2D eigenvalue weighted by atomic mass is 19.4. The lowest BCUT2D eigenvalue weighted by Gasteiger charge is -2.13. The van der Waals surface area contributed by atoms with Crippen molar-refractivity contribution in [2.75, 3.05) is 11.1 Å². The lowest BCUT2D eigenvalue weighted by atomic mass is 10.1. The number of hydrogen-bond acceptors (Lipinski definition) is 3. The number of furan rings is 1. The maximum Gasteiger partial charge on any atom is 0.418 e. The van der Waals surface area contributed by atoms with Gasteiger partial charge in [0, 0.05) is 5.69 Å². The third kappa shape index (κ3) is 2.93. The fourth-order valence-electron chi connectivity index (χ4n) is 1.65. The topological polar surface area (TPSA) is 68.3 Å². The molecule has 0 spiro atoms. The molecule has 1 heterocycles. The van der Waals surface area contributed by atoms with Crippen molar-refractivity contribution in [1.82, 2.24) is 0 Å². The summed E-state index contributed by atoms with van der Waals surface area (Å²) in [4.78, 5) is 11.8. The van der Waals surface area contributed by atoms with Crippen LogP contribution in [0.25, 0.3) is 0 Å². The molecule has 20 heavy (non-hydrogen) atoms. The van der Waals surface area contributed by atoms with Gasteiger partial charge in [0.15, 0.2) is 5.76 Å². The minimum Gasteiger partial charge on any atom is -0.456 e. The number of amides is 1. The second kappa shape index (κ2) is 4.92. The molecule has 4 nitrogen and oxygen atoms in total. The highest BCUT2D eigenvalue weighted by molar-refractivity contribution is 6.02. The van der Waals surface area contributed by atoms with Crippen molar-refractivity contribution in [3.63, 3.8) is 0 Å². The van der Waals surface area contributed by atoms with E-state index in [1.807, 2.05) is 0 Å². The van der Waals surface area contributed by atoms with Crippen molar-refractivity contribution in [1.29, 1.82) is 0 Å². The van der Waals surface area contributed by atoms with E-state index >= 15 is 0 Å². The molecule has 7 heteroatoms. The van der Waals surface area contributed by atoms with Gasteiger partial charge in [-0.15, -0.1) is 0 Å². The number of anilines is 2. The van der Waals surface area contributed by atoms with Gasteiger partial charge in [-0.05, 0) is 37.3 Å². The Morgan fingerprint density at radius 1 is 1.25 bits per heavy atom. The zero-order chi connectivity index (χ0) is 14.9. The summed E-state index contributed by atoms with van der Waals surface area (Å²) in [7, 11) is 0. The summed E-state index contributed by atoms with van der Waals surface area (Å²) in [5, 5.41) is 2.17. The largest absolute Gasteiger partial charge is 0.456 e. The number of benzene rings is 1. The Bertz CT molecular complexity index is 647. The molecular weight excluding hydrogens is 273 g/mol. The van der Waals surface area contributed by atoms with Crippen LogP contribution in [0.2, 0.25) is 0 Å². The van der Waals surface area contributed by atoms with E-state index < -0.39 is 17.6 Å². The smallest absolute Gasteiger partial charge is 0.418 e. The Kier molecular flexibility index (Phi) is 3.44. The summed E-state index contributed by atoms with van der Waals surface area (Å²) in [5.74, 6) is -0.329. The molecular formula is C13H11F3N2O2. The average molecular weight is 284 g/mol. The minimum absolute atomic E-state index is 0.0378. The average Bonchev–Trinajstić information content (AvgIpc) is 2.77. The molecule has 0 aliphatic heterocycles. The monoisotopic (exact) mass is 284 g/mol. The van der Waals surface area contributed by atoms with Crippen molar-refractivity contribution < 1.29 is 22.4 Å². The van der Waals surface area contributed by atoms with Gasteiger partial charge in [0.25, 0.3) is 5.91 Å². The van der Waals surface area contributed by atoms with Crippen LogP contribution in [-0.2, 0) is 6.18 Å². The zero-order valence-corrected chi connectivity index (χ0v) is 10.4. The summed E-state index contributed by atoms with van der Waals surface area (Å²) >= 11 is 0. The van der Waals surface area contributed by atoms with Gasteiger partial charge in [-0.1, -0.05) is 0 Å². The number of rotatable bonds is 2. The van der Waals surface area contributed by atoms with Crippen molar-refractivity contribution in [3.8, 4) is 0 Å². The van der Waals surface area contributed by atoms with Crippen LogP contribution >= 0.6 is 0 Å². The molecule has 1 aromatic heterocycles. The summed E-state index contributed by atoms with van der Waals surface area (Å²) in [6.07, 6.45) is -4.61. The fourth-order valence-corrected chi connectivity index (χ4v) is 1.65. The molecule has 0 unspecified atom stereocenters. The van der Waals surface area contributed by atoms with E-state index in [-0.39, 0.29) is 17.1 Å². The number of hydrogen-bond donors (Lipinski definition) is 2. The number of carbonyl (C=O) groups is 1. The number of alkyl halides is 3. The molecule has 3 N–H and O–H groups in total. The van der Waals surface area contributed by atoms with Crippen LogP contribution in [0.15, 0.2) is 34.7 Å². The molecule has 0 radical (unpaired) electrons. The van der Waals surface area contributed by atoms with Crippen LogP contribution in [0.3, 0.4) is 0 Å². The van der Waals surface area contributed by atoms with Crippen LogP contribution in [0.4, 0.5) is 24.5 Å². The Morgan fingerprint density at radius 2 is 1.95 bits per heavy atom. The molecule has 1 amide bonds. The number of nitrogen functional groups attached to an aromatic ring is 1. The van der Waals surface area contributed by atoms with E-state index in [1.54, 1.807) is 13.0 Å². The molecule has 0 aliphatic carbocycles. The first-order valence-corrected chi connectivity index (χ1v) is 5.62. The summed E-state index contributed by atoms with van der Waals surface area (Å²) in [5.41, 5.74) is 3.93. The van der Waals surface area contributed by atoms with Crippen LogP contribution in [0, 0.1) is 6.92 Å². The van der Waals surface area contributed by atoms with Gasteiger partial charge in [0.2, 0.25) is 0 Å². The predicted octanol–water partition coefficient (Wildman–Crippen LogP) is 3.44. The van der Waals surface area contributed by atoms with E-state index in [2.05, 4.69) is 5.32 Å². The lowest BCUT2D eigenvalue weighted by Crippen LogP contribution is -2.16. The Labute approximate surface area is 112 Å². The minimum atomic E-state index is -4.61. The van der Waals surface area contributed by atoms with Crippen molar-refractivity contribution in [2.45, 2.75) is 13.1 Å². The van der Waals surface area contributed by atoms with Crippen LogP contribution in [0.1, 0.15) is 21.9 Å². The summed E-state index contributed by atoms with van der Waals surface area (Å²) in [6, 6.07) is 6.07. The molecule has 0 saturated carbocycles. The van der Waals surface area contributed by atoms with Gasteiger partial charge in [-0.25, -0.2) is 0 Å². The Balaban J connectivity index is 2.32. The second-order valence-corrected chi connectivity index (χ2v) is 4.17. The van der Waals surface area contributed by atoms with Crippen molar-refractivity contribution in [3.05, 3.63) is 47.4 Å². The Morgan fingerprint density at radius 3 is 2.50 bits per heavy atom. The highest BCUT2D eigenvalue weighted by Crippen LogP contribution is 2.36.